The van der Waals surface area contributed by atoms with Gasteiger partial charge in [-0.3, -0.25) is 9.69 Å². The molecule has 1 amide bonds. The highest BCUT2D eigenvalue weighted by Crippen LogP contribution is 2.31. The van der Waals surface area contributed by atoms with Crippen LogP contribution in [0, 0.1) is 0 Å². The number of ether oxygens (including phenoxy) is 2. The van der Waals surface area contributed by atoms with Crippen molar-refractivity contribution in [3.8, 4) is 11.5 Å². The van der Waals surface area contributed by atoms with Gasteiger partial charge in [-0.2, -0.15) is 0 Å². The van der Waals surface area contributed by atoms with Gasteiger partial charge in [0, 0.05) is 25.2 Å². The van der Waals surface area contributed by atoms with E-state index in [0.29, 0.717) is 19.6 Å². The molecule has 2 aromatic rings. The smallest absolute Gasteiger partial charge is 0.225 e. The Hall–Kier alpha value is -2.53. The lowest BCUT2D eigenvalue weighted by Crippen LogP contribution is -2.42. The Bertz CT molecular complexity index is 705. The molecule has 1 heterocycles. The summed E-state index contributed by atoms with van der Waals surface area (Å²) < 4.78 is 11.8. The first-order chi connectivity index (χ1) is 12.7. The van der Waals surface area contributed by atoms with Gasteiger partial charge in [-0.05, 0) is 37.2 Å². The third-order valence-corrected chi connectivity index (χ3v) is 4.28. The highest BCUT2D eigenvalue weighted by molar-refractivity contribution is 5.90. The van der Waals surface area contributed by atoms with Crippen molar-refractivity contribution in [1.29, 1.82) is 0 Å². The Morgan fingerprint density at radius 1 is 1.08 bits per heavy atom. The van der Waals surface area contributed by atoms with E-state index in [4.69, 9.17) is 9.47 Å². The zero-order valence-electron chi connectivity index (χ0n) is 15.2. The van der Waals surface area contributed by atoms with Crippen LogP contribution in [0.25, 0.3) is 0 Å². The summed E-state index contributed by atoms with van der Waals surface area (Å²) in [6, 6.07) is 17.3. The molecule has 0 saturated heterocycles. The van der Waals surface area contributed by atoms with Crippen molar-refractivity contribution in [2.75, 3.05) is 31.6 Å². The normalized spacial score (nSPS) is 15.7. The number of carbonyl (C=O) groups excluding carboxylic acids is 1. The molecule has 1 N–H and O–H groups in total. The first-order valence-corrected chi connectivity index (χ1v) is 9.20. The molecule has 0 radical (unpaired) electrons. The van der Waals surface area contributed by atoms with E-state index in [0.717, 1.165) is 36.7 Å². The second kappa shape index (κ2) is 9.25. The van der Waals surface area contributed by atoms with E-state index in [2.05, 4.69) is 17.1 Å². The SMILES string of the molecule is CCCN(CCC(=O)Nc1ccccc1)CC1COc2ccccc2O1. The molecule has 2 aromatic carbocycles. The van der Waals surface area contributed by atoms with Gasteiger partial charge in [-0.1, -0.05) is 37.3 Å². The van der Waals surface area contributed by atoms with Crippen LogP contribution in [0.5, 0.6) is 11.5 Å². The molecule has 5 nitrogen and oxygen atoms in total. The summed E-state index contributed by atoms with van der Waals surface area (Å²) in [5.41, 5.74) is 0.833. The van der Waals surface area contributed by atoms with Gasteiger partial charge in [0.25, 0.3) is 0 Å². The van der Waals surface area contributed by atoms with Crippen LogP contribution in [0.2, 0.25) is 0 Å². The van der Waals surface area contributed by atoms with E-state index < -0.39 is 0 Å². The summed E-state index contributed by atoms with van der Waals surface area (Å²) >= 11 is 0. The largest absolute Gasteiger partial charge is 0.486 e. The lowest BCUT2D eigenvalue weighted by molar-refractivity contribution is -0.116. The average molecular weight is 354 g/mol. The van der Waals surface area contributed by atoms with Crippen LogP contribution >= 0.6 is 0 Å². The number of rotatable bonds is 8. The number of anilines is 1. The van der Waals surface area contributed by atoms with E-state index in [-0.39, 0.29) is 12.0 Å². The van der Waals surface area contributed by atoms with Gasteiger partial charge in [-0.25, -0.2) is 0 Å². The van der Waals surface area contributed by atoms with Crippen molar-refractivity contribution in [2.45, 2.75) is 25.9 Å². The number of benzene rings is 2. The maximum atomic E-state index is 12.2. The zero-order chi connectivity index (χ0) is 18.2. The number of hydrogen-bond donors (Lipinski definition) is 1. The van der Waals surface area contributed by atoms with Gasteiger partial charge in [0.05, 0.1) is 0 Å². The minimum atomic E-state index is -0.0198. The van der Waals surface area contributed by atoms with Crippen molar-refractivity contribution in [1.82, 2.24) is 4.90 Å². The van der Waals surface area contributed by atoms with Crippen LogP contribution < -0.4 is 14.8 Å². The fraction of sp³-hybridized carbons (Fsp3) is 0.381. The van der Waals surface area contributed by atoms with Crippen molar-refractivity contribution < 1.29 is 14.3 Å². The number of hydrogen-bond acceptors (Lipinski definition) is 4. The number of amides is 1. The number of nitrogens with zero attached hydrogens (tertiary/aromatic N) is 1. The first-order valence-electron chi connectivity index (χ1n) is 9.20. The molecular weight excluding hydrogens is 328 g/mol. The van der Waals surface area contributed by atoms with E-state index in [1.807, 2.05) is 54.6 Å². The van der Waals surface area contributed by atoms with Gasteiger partial charge in [0.2, 0.25) is 5.91 Å². The molecule has 26 heavy (non-hydrogen) atoms. The summed E-state index contributed by atoms with van der Waals surface area (Å²) in [5, 5.41) is 2.93. The molecule has 5 heteroatoms. The van der Waals surface area contributed by atoms with Crippen LogP contribution in [0.4, 0.5) is 5.69 Å². The highest BCUT2D eigenvalue weighted by atomic mass is 16.6. The third-order valence-electron chi connectivity index (χ3n) is 4.28. The van der Waals surface area contributed by atoms with Gasteiger partial charge >= 0.3 is 0 Å². The minimum absolute atomic E-state index is 0.0198. The molecular formula is C21H26N2O3. The Balaban J connectivity index is 1.49. The van der Waals surface area contributed by atoms with Gasteiger partial charge in [0.15, 0.2) is 11.5 Å². The van der Waals surface area contributed by atoms with Crippen LogP contribution in [0.15, 0.2) is 54.6 Å². The van der Waals surface area contributed by atoms with Crippen LogP contribution in [-0.2, 0) is 4.79 Å². The Morgan fingerprint density at radius 2 is 1.81 bits per heavy atom. The molecule has 138 valence electrons. The summed E-state index contributed by atoms with van der Waals surface area (Å²) in [5.74, 6) is 1.62. The van der Waals surface area contributed by atoms with E-state index >= 15 is 0 Å². The molecule has 0 fully saturated rings. The lowest BCUT2D eigenvalue weighted by Gasteiger charge is -2.31. The lowest BCUT2D eigenvalue weighted by atomic mass is 10.2. The number of nitrogens with one attached hydrogen (secondary N) is 1. The predicted octanol–water partition coefficient (Wildman–Crippen LogP) is 3.57. The molecule has 0 saturated carbocycles. The number of fused-ring (bicyclic) bond motifs is 1. The molecule has 0 bridgehead atoms. The van der Waals surface area contributed by atoms with Crippen molar-refractivity contribution in [3.63, 3.8) is 0 Å². The summed E-state index contributed by atoms with van der Waals surface area (Å²) in [6.45, 7) is 5.06. The van der Waals surface area contributed by atoms with E-state index in [9.17, 15) is 4.79 Å². The zero-order valence-corrected chi connectivity index (χ0v) is 15.2. The van der Waals surface area contributed by atoms with Gasteiger partial charge in [0.1, 0.15) is 12.7 Å². The fourth-order valence-corrected chi connectivity index (χ4v) is 3.06. The van der Waals surface area contributed by atoms with Gasteiger partial charge < -0.3 is 14.8 Å². The molecule has 1 aliphatic rings. The quantitative estimate of drug-likeness (QED) is 0.787. The van der Waals surface area contributed by atoms with E-state index in [1.165, 1.54) is 0 Å². The summed E-state index contributed by atoms with van der Waals surface area (Å²) in [6.07, 6.45) is 1.47. The monoisotopic (exact) mass is 354 g/mol. The van der Waals surface area contributed by atoms with Crippen molar-refractivity contribution in [3.05, 3.63) is 54.6 Å². The minimum Gasteiger partial charge on any atom is -0.486 e. The standard InChI is InChI=1S/C21H26N2O3/c1-2-13-23(14-12-21(24)22-17-8-4-3-5-9-17)15-18-16-25-19-10-6-7-11-20(19)26-18/h3-11,18H,2,12-16H2,1H3,(H,22,24). The second-order valence-corrected chi connectivity index (χ2v) is 6.46. The summed E-state index contributed by atoms with van der Waals surface area (Å²) in [4.78, 5) is 14.5. The van der Waals surface area contributed by atoms with E-state index in [1.54, 1.807) is 0 Å². The average Bonchev–Trinajstić information content (AvgIpc) is 2.67. The van der Waals surface area contributed by atoms with Gasteiger partial charge in [-0.15, -0.1) is 0 Å². The molecule has 0 aromatic heterocycles. The molecule has 1 unspecified atom stereocenters. The first kappa shape index (κ1) is 18.3. The topological polar surface area (TPSA) is 50.8 Å². The fourth-order valence-electron chi connectivity index (χ4n) is 3.06. The molecule has 1 atom stereocenters. The molecule has 3 rings (SSSR count). The number of carbonyl (C=O) groups is 1. The molecule has 0 aliphatic carbocycles. The van der Waals surface area contributed by atoms with Crippen molar-refractivity contribution >= 4 is 11.6 Å². The Kier molecular flexibility index (Phi) is 6.50. The number of para-hydroxylation sites is 3. The Labute approximate surface area is 154 Å². The molecule has 1 aliphatic heterocycles. The van der Waals surface area contributed by atoms with Crippen molar-refractivity contribution in [2.24, 2.45) is 0 Å². The van der Waals surface area contributed by atoms with Crippen LogP contribution in [0.3, 0.4) is 0 Å². The highest BCUT2D eigenvalue weighted by Gasteiger charge is 2.23. The molecule has 0 spiro atoms. The maximum Gasteiger partial charge on any atom is 0.225 e. The second-order valence-electron chi connectivity index (χ2n) is 6.46. The predicted molar refractivity (Wildman–Crippen MR) is 103 cm³/mol. The maximum absolute atomic E-state index is 12.2. The summed E-state index contributed by atoms with van der Waals surface area (Å²) in [7, 11) is 0. The Morgan fingerprint density at radius 3 is 2.58 bits per heavy atom. The van der Waals surface area contributed by atoms with Crippen LogP contribution in [-0.4, -0.2) is 43.2 Å². The van der Waals surface area contributed by atoms with Crippen LogP contribution in [0.1, 0.15) is 19.8 Å². The third kappa shape index (κ3) is 5.23.